The summed E-state index contributed by atoms with van der Waals surface area (Å²) < 4.78 is 14.3. The number of benzene rings is 1. The molecule has 3 rings (SSSR count). The first-order valence-electron chi connectivity index (χ1n) is 7.88. The maximum absolute atomic E-state index is 14.3. The number of hydrogen-bond acceptors (Lipinski definition) is 3. The highest BCUT2D eigenvalue weighted by molar-refractivity contribution is 5.97. The lowest BCUT2D eigenvalue weighted by molar-refractivity contribution is 0.0929. The van der Waals surface area contributed by atoms with Crippen molar-refractivity contribution in [2.24, 2.45) is 0 Å². The van der Waals surface area contributed by atoms with Gasteiger partial charge in [-0.1, -0.05) is 6.07 Å². The smallest absolute Gasteiger partial charge is 0.251 e. The summed E-state index contributed by atoms with van der Waals surface area (Å²) in [6, 6.07) is 6.64. The number of nitrogens with one attached hydrogen (secondary N) is 2. The molecule has 23 heavy (non-hydrogen) atoms. The van der Waals surface area contributed by atoms with Crippen LogP contribution >= 0.6 is 0 Å². The highest BCUT2D eigenvalue weighted by Gasteiger charge is 2.20. The molecule has 120 valence electrons. The summed E-state index contributed by atoms with van der Waals surface area (Å²) in [5.41, 5.74) is 2.28. The molecule has 0 radical (unpaired) electrons. The molecule has 1 fully saturated rings. The fourth-order valence-electron chi connectivity index (χ4n) is 3.02. The predicted octanol–water partition coefficient (Wildman–Crippen LogP) is 2.68. The van der Waals surface area contributed by atoms with Crippen LogP contribution in [0.15, 0.2) is 36.7 Å². The minimum atomic E-state index is -0.339. The van der Waals surface area contributed by atoms with E-state index in [1.807, 2.05) is 0 Å². The lowest BCUT2D eigenvalue weighted by atomic mass is 9.96. The average Bonchev–Trinajstić information content (AvgIpc) is 2.57. The Bertz CT molecular complexity index is 697. The van der Waals surface area contributed by atoms with Crippen molar-refractivity contribution in [3.8, 4) is 11.1 Å². The maximum atomic E-state index is 14.3. The molecule has 2 aromatic rings. The zero-order valence-corrected chi connectivity index (χ0v) is 13.1. The van der Waals surface area contributed by atoms with Crippen LogP contribution in [-0.2, 0) is 0 Å². The van der Waals surface area contributed by atoms with Crippen molar-refractivity contribution in [1.82, 2.24) is 15.6 Å². The summed E-state index contributed by atoms with van der Waals surface area (Å²) in [5, 5.41) is 6.33. The van der Waals surface area contributed by atoms with Crippen LogP contribution in [0.4, 0.5) is 4.39 Å². The van der Waals surface area contributed by atoms with Crippen LogP contribution in [0, 0.1) is 12.7 Å². The molecule has 1 aliphatic rings. The Balaban J connectivity index is 1.89. The number of halogens is 1. The largest absolute Gasteiger partial charge is 0.349 e. The summed E-state index contributed by atoms with van der Waals surface area (Å²) in [6.07, 6.45) is 5.09. The van der Waals surface area contributed by atoms with Crippen LogP contribution in [-0.4, -0.2) is 30.0 Å². The monoisotopic (exact) mass is 313 g/mol. The molecule has 1 saturated heterocycles. The molecule has 0 saturated carbocycles. The first-order valence-corrected chi connectivity index (χ1v) is 7.88. The predicted molar refractivity (Wildman–Crippen MR) is 87.7 cm³/mol. The Hall–Kier alpha value is -2.27. The molecular formula is C18H20FN3O. The first-order chi connectivity index (χ1) is 11.2. The van der Waals surface area contributed by atoms with Gasteiger partial charge >= 0.3 is 0 Å². The molecule has 2 heterocycles. The Kier molecular flexibility index (Phi) is 4.67. The molecule has 1 aromatic carbocycles. The highest BCUT2D eigenvalue weighted by Crippen LogP contribution is 2.28. The van der Waals surface area contributed by atoms with Gasteiger partial charge in [-0.05, 0) is 56.6 Å². The van der Waals surface area contributed by atoms with E-state index in [0.717, 1.165) is 25.9 Å². The van der Waals surface area contributed by atoms with E-state index in [2.05, 4.69) is 15.6 Å². The molecule has 0 atom stereocenters. The number of piperidine rings is 1. The summed E-state index contributed by atoms with van der Waals surface area (Å²) in [7, 11) is 0. The number of carbonyl (C=O) groups is 1. The van der Waals surface area contributed by atoms with Gasteiger partial charge in [0.05, 0.1) is 0 Å². The van der Waals surface area contributed by atoms with Gasteiger partial charge in [-0.25, -0.2) is 4.39 Å². The van der Waals surface area contributed by atoms with Gasteiger partial charge in [-0.15, -0.1) is 0 Å². The molecule has 2 N–H and O–H groups in total. The SMILES string of the molecule is Cc1c(C(=O)NC2CCNCC2)ccc(F)c1-c1cccnc1. The number of amides is 1. The molecule has 0 aliphatic carbocycles. The number of aromatic nitrogens is 1. The van der Waals surface area contributed by atoms with Gasteiger partial charge < -0.3 is 10.6 Å². The standard InChI is InChI=1S/C18H20FN3O/c1-12-15(18(23)22-14-6-9-20-10-7-14)4-5-16(19)17(12)13-3-2-8-21-11-13/h2-5,8,11,14,20H,6-7,9-10H2,1H3,(H,22,23). The third-order valence-electron chi connectivity index (χ3n) is 4.28. The lowest BCUT2D eigenvalue weighted by Gasteiger charge is -2.24. The van der Waals surface area contributed by atoms with Crippen LogP contribution in [0.3, 0.4) is 0 Å². The van der Waals surface area contributed by atoms with Gasteiger partial charge in [0.2, 0.25) is 0 Å². The van der Waals surface area contributed by atoms with Gasteiger partial charge in [-0.2, -0.15) is 0 Å². The molecule has 1 aromatic heterocycles. The third kappa shape index (κ3) is 3.40. The fraction of sp³-hybridized carbons (Fsp3) is 0.333. The zero-order valence-electron chi connectivity index (χ0n) is 13.1. The highest BCUT2D eigenvalue weighted by atomic mass is 19.1. The van der Waals surface area contributed by atoms with E-state index in [0.29, 0.717) is 22.3 Å². The van der Waals surface area contributed by atoms with Crippen LogP contribution in [0.2, 0.25) is 0 Å². The Morgan fingerprint density at radius 1 is 1.30 bits per heavy atom. The van der Waals surface area contributed by atoms with Crippen molar-refractivity contribution in [3.05, 3.63) is 53.6 Å². The van der Waals surface area contributed by atoms with Crippen LogP contribution in [0.1, 0.15) is 28.8 Å². The van der Waals surface area contributed by atoms with Crippen molar-refractivity contribution in [1.29, 1.82) is 0 Å². The molecule has 0 bridgehead atoms. The van der Waals surface area contributed by atoms with Gasteiger partial charge in [0.15, 0.2) is 0 Å². The van der Waals surface area contributed by atoms with Crippen LogP contribution < -0.4 is 10.6 Å². The summed E-state index contributed by atoms with van der Waals surface area (Å²) in [4.78, 5) is 16.6. The number of carbonyl (C=O) groups excluding carboxylic acids is 1. The number of hydrogen-bond donors (Lipinski definition) is 2. The summed E-state index contributed by atoms with van der Waals surface area (Å²) >= 11 is 0. The number of nitrogens with zero attached hydrogens (tertiary/aromatic N) is 1. The Labute approximate surface area is 135 Å². The molecule has 5 heteroatoms. The van der Waals surface area contributed by atoms with E-state index < -0.39 is 0 Å². The normalized spacial score (nSPS) is 15.4. The summed E-state index contributed by atoms with van der Waals surface area (Å²) in [5.74, 6) is -0.478. The molecule has 0 unspecified atom stereocenters. The van der Waals surface area contributed by atoms with E-state index in [9.17, 15) is 9.18 Å². The second kappa shape index (κ2) is 6.87. The fourth-order valence-corrected chi connectivity index (χ4v) is 3.02. The van der Waals surface area contributed by atoms with Gasteiger partial charge in [0.1, 0.15) is 5.82 Å². The van der Waals surface area contributed by atoms with E-state index in [1.54, 1.807) is 37.5 Å². The van der Waals surface area contributed by atoms with Crippen molar-refractivity contribution >= 4 is 5.91 Å². The molecule has 4 nitrogen and oxygen atoms in total. The van der Waals surface area contributed by atoms with Crippen molar-refractivity contribution < 1.29 is 9.18 Å². The van der Waals surface area contributed by atoms with Crippen molar-refractivity contribution in [2.45, 2.75) is 25.8 Å². The van der Waals surface area contributed by atoms with Gasteiger partial charge in [0.25, 0.3) is 5.91 Å². The van der Waals surface area contributed by atoms with Crippen LogP contribution in [0.25, 0.3) is 11.1 Å². The quantitative estimate of drug-likeness (QED) is 0.916. The molecule has 0 spiro atoms. The van der Waals surface area contributed by atoms with Crippen molar-refractivity contribution in [3.63, 3.8) is 0 Å². The Morgan fingerprint density at radius 3 is 2.78 bits per heavy atom. The van der Waals surface area contributed by atoms with Gasteiger partial charge in [-0.3, -0.25) is 9.78 Å². The maximum Gasteiger partial charge on any atom is 0.251 e. The van der Waals surface area contributed by atoms with Gasteiger partial charge in [0, 0.05) is 35.1 Å². The average molecular weight is 313 g/mol. The number of rotatable bonds is 3. The molecule has 1 amide bonds. The van der Waals surface area contributed by atoms with E-state index in [4.69, 9.17) is 0 Å². The third-order valence-corrected chi connectivity index (χ3v) is 4.28. The second-order valence-electron chi connectivity index (χ2n) is 5.83. The second-order valence-corrected chi connectivity index (χ2v) is 5.83. The topological polar surface area (TPSA) is 54.0 Å². The minimum Gasteiger partial charge on any atom is -0.349 e. The van der Waals surface area contributed by atoms with Crippen molar-refractivity contribution in [2.75, 3.05) is 13.1 Å². The Morgan fingerprint density at radius 2 is 2.09 bits per heavy atom. The number of pyridine rings is 1. The van der Waals surface area contributed by atoms with Crippen LogP contribution in [0.5, 0.6) is 0 Å². The van der Waals surface area contributed by atoms with E-state index >= 15 is 0 Å². The zero-order chi connectivity index (χ0) is 16.2. The first kappa shape index (κ1) is 15.6. The molecular weight excluding hydrogens is 293 g/mol. The lowest BCUT2D eigenvalue weighted by Crippen LogP contribution is -2.42. The van der Waals surface area contributed by atoms with E-state index in [1.165, 1.54) is 6.07 Å². The molecule has 1 aliphatic heterocycles. The summed E-state index contributed by atoms with van der Waals surface area (Å²) in [6.45, 7) is 3.60. The van der Waals surface area contributed by atoms with E-state index in [-0.39, 0.29) is 17.8 Å². The minimum absolute atomic E-state index is 0.139.